The van der Waals surface area contributed by atoms with E-state index < -0.39 is 0 Å². The summed E-state index contributed by atoms with van der Waals surface area (Å²) in [5, 5.41) is 0.911. The van der Waals surface area contributed by atoms with E-state index in [1.807, 2.05) is 42.5 Å². The Bertz CT molecular complexity index is 751. The summed E-state index contributed by atoms with van der Waals surface area (Å²) >= 11 is 0. The number of hydrogen-bond acceptors (Lipinski definition) is 3. The molecule has 0 bridgehead atoms. The van der Waals surface area contributed by atoms with E-state index in [2.05, 4.69) is 19.1 Å². The minimum absolute atomic E-state index is 0.114. The molecule has 0 aliphatic carbocycles. The highest BCUT2D eigenvalue weighted by molar-refractivity contribution is 5.96. The lowest BCUT2D eigenvalue weighted by Crippen LogP contribution is -2.07. The van der Waals surface area contributed by atoms with Crippen molar-refractivity contribution in [3.63, 3.8) is 0 Å². The molecule has 4 N–H and O–H groups in total. The minimum atomic E-state index is 0.114. The van der Waals surface area contributed by atoms with Crippen LogP contribution in [-0.2, 0) is 0 Å². The van der Waals surface area contributed by atoms with Crippen molar-refractivity contribution < 1.29 is 0 Å². The molecule has 3 heteroatoms. The van der Waals surface area contributed by atoms with Crippen molar-refractivity contribution in [3.05, 3.63) is 65.9 Å². The van der Waals surface area contributed by atoms with Gasteiger partial charge in [-0.3, -0.25) is 0 Å². The first-order chi connectivity index (χ1) is 9.68. The molecule has 0 aliphatic heterocycles. The van der Waals surface area contributed by atoms with Gasteiger partial charge in [-0.2, -0.15) is 0 Å². The van der Waals surface area contributed by atoms with Crippen molar-refractivity contribution in [2.24, 2.45) is 0 Å². The molecule has 1 heterocycles. The summed E-state index contributed by atoms with van der Waals surface area (Å²) in [5.41, 5.74) is 16.5. The van der Waals surface area contributed by atoms with E-state index in [-0.39, 0.29) is 5.92 Å². The van der Waals surface area contributed by atoms with Gasteiger partial charge in [0.05, 0.1) is 22.6 Å². The van der Waals surface area contributed by atoms with Gasteiger partial charge in [0.25, 0.3) is 0 Å². The molecule has 20 heavy (non-hydrogen) atoms. The van der Waals surface area contributed by atoms with E-state index in [0.717, 1.165) is 16.6 Å². The Morgan fingerprint density at radius 3 is 2.25 bits per heavy atom. The third kappa shape index (κ3) is 1.97. The molecule has 0 fully saturated rings. The second-order valence-corrected chi connectivity index (χ2v) is 4.97. The van der Waals surface area contributed by atoms with Gasteiger partial charge < -0.3 is 11.5 Å². The first-order valence-corrected chi connectivity index (χ1v) is 6.67. The van der Waals surface area contributed by atoms with Gasteiger partial charge in [-0.15, -0.1) is 0 Å². The molecule has 0 spiro atoms. The van der Waals surface area contributed by atoms with Crippen molar-refractivity contribution in [2.75, 3.05) is 11.5 Å². The average Bonchev–Trinajstić information content (AvgIpc) is 2.51. The third-order valence-corrected chi connectivity index (χ3v) is 3.71. The molecule has 0 amide bonds. The number of hydrogen-bond donors (Lipinski definition) is 2. The average molecular weight is 263 g/mol. The molecular formula is C17H17N3. The van der Waals surface area contributed by atoms with Gasteiger partial charge in [0.1, 0.15) is 0 Å². The molecule has 1 aromatic heterocycles. The summed E-state index contributed by atoms with van der Waals surface area (Å²) in [4.78, 5) is 4.71. The fourth-order valence-corrected chi connectivity index (χ4v) is 2.50. The number of rotatable bonds is 2. The second kappa shape index (κ2) is 4.85. The summed E-state index contributed by atoms with van der Waals surface area (Å²) in [6.07, 6.45) is 0. The van der Waals surface area contributed by atoms with Crippen LogP contribution in [0.25, 0.3) is 10.9 Å². The zero-order chi connectivity index (χ0) is 14.1. The molecule has 1 unspecified atom stereocenters. The van der Waals surface area contributed by atoms with Gasteiger partial charge in [-0.05, 0) is 11.6 Å². The van der Waals surface area contributed by atoms with Crippen molar-refractivity contribution in [2.45, 2.75) is 12.8 Å². The molecule has 3 rings (SSSR count). The second-order valence-electron chi connectivity index (χ2n) is 4.97. The van der Waals surface area contributed by atoms with E-state index in [4.69, 9.17) is 16.5 Å². The number of nitrogens with zero attached hydrogens (tertiary/aromatic N) is 1. The van der Waals surface area contributed by atoms with Crippen molar-refractivity contribution in [1.29, 1.82) is 0 Å². The van der Waals surface area contributed by atoms with Gasteiger partial charge >= 0.3 is 0 Å². The highest BCUT2D eigenvalue weighted by atomic mass is 14.8. The first-order valence-electron chi connectivity index (χ1n) is 6.67. The number of para-hydroxylation sites is 1. The van der Waals surface area contributed by atoms with Crippen molar-refractivity contribution >= 4 is 22.3 Å². The predicted octanol–water partition coefficient (Wildman–Crippen LogP) is 3.55. The number of benzene rings is 2. The molecule has 2 aromatic carbocycles. The van der Waals surface area contributed by atoms with Gasteiger partial charge in [0, 0.05) is 11.3 Å². The summed E-state index contributed by atoms with van der Waals surface area (Å²) < 4.78 is 0. The number of nitrogen functional groups attached to an aromatic ring is 2. The SMILES string of the molecule is CC(c1ccccc1)c1nc2ccccc2c(N)c1N. The van der Waals surface area contributed by atoms with Crippen LogP contribution in [0.2, 0.25) is 0 Å². The quantitative estimate of drug-likeness (QED) is 0.743. The van der Waals surface area contributed by atoms with Crippen LogP contribution in [0, 0.1) is 0 Å². The van der Waals surface area contributed by atoms with Crippen LogP contribution < -0.4 is 11.5 Å². The van der Waals surface area contributed by atoms with E-state index in [9.17, 15) is 0 Å². The number of fused-ring (bicyclic) bond motifs is 1. The summed E-state index contributed by atoms with van der Waals surface area (Å²) in [7, 11) is 0. The van der Waals surface area contributed by atoms with Crippen LogP contribution in [0.4, 0.5) is 11.4 Å². The summed E-state index contributed by atoms with van der Waals surface area (Å²) in [5.74, 6) is 0.114. The predicted molar refractivity (Wildman–Crippen MR) is 84.5 cm³/mol. The summed E-state index contributed by atoms with van der Waals surface area (Å²) in [6, 6.07) is 18.0. The molecule has 3 nitrogen and oxygen atoms in total. The van der Waals surface area contributed by atoms with E-state index in [1.165, 1.54) is 5.56 Å². The van der Waals surface area contributed by atoms with Crippen LogP contribution in [0.1, 0.15) is 24.1 Å². The molecule has 0 saturated heterocycles. The van der Waals surface area contributed by atoms with E-state index in [1.54, 1.807) is 0 Å². The molecule has 100 valence electrons. The van der Waals surface area contributed by atoms with Crippen LogP contribution in [0.5, 0.6) is 0 Å². The van der Waals surface area contributed by atoms with E-state index >= 15 is 0 Å². The lowest BCUT2D eigenvalue weighted by atomic mass is 9.95. The number of nitrogens with two attached hydrogens (primary N) is 2. The molecule has 0 radical (unpaired) electrons. The summed E-state index contributed by atoms with van der Waals surface area (Å²) in [6.45, 7) is 2.10. The van der Waals surface area contributed by atoms with Gasteiger partial charge in [0.15, 0.2) is 0 Å². The lowest BCUT2D eigenvalue weighted by Gasteiger charge is -2.17. The van der Waals surface area contributed by atoms with E-state index in [0.29, 0.717) is 11.4 Å². The highest BCUT2D eigenvalue weighted by Crippen LogP contribution is 2.34. The number of anilines is 2. The Morgan fingerprint density at radius 1 is 0.850 bits per heavy atom. The molecule has 0 saturated carbocycles. The van der Waals surface area contributed by atoms with Crippen LogP contribution >= 0.6 is 0 Å². The van der Waals surface area contributed by atoms with Gasteiger partial charge in [-0.1, -0.05) is 55.5 Å². The molecular weight excluding hydrogens is 246 g/mol. The Morgan fingerprint density at radius 2 is 1.50 bits per heavy atom. The normalized spacial score (nSPS) is 12.4. The Kier molecular flexibility index (Phi) is 3.03. The topological polar surface area (TPSA) is 64.9 Å². The maximum Gasteiger partial charge on any atom is 0.0779 e. The minimum Gasteiger partial charge on any atom is -0.396 e. The fourth-order valence-electron chi connectivity index (χ4n) is 2.50. The van der Waals surface area contributed by atoms with Crippen LogP contribution in [-0.4, -0.2) is 4.98 Å². The standard InChI is InChI=1S/C17H17N3/c1-11(12-7-3-2-4-8-12)17-16(19)15(18)13-9-5-6-10-14(13)20-17/h2-11H,19H2,1H3,(H2,18,20). The fraction of sp³-hybridized carbons (Fsp3) is 0.118. The van der Waals surface area contributed by atoms with Crippen LogP contribution in [0.3, 0.4) is 0 Å². The maximum atomic E-state index is 6.20. The number of aromatic nitrogens is 1. The smallest absolute Gasteiger partial charge is 0.0779 e. The zero-order valence-electron chi connectivity index (χ0n) is 11.4. The molecule has 3 aromatic rings. The maximum absolute atomic E-state index is 6.20. The number of pyridine rings is 1. The molecule has 0 aliphatic rings. The largest absolute Gasteiger partial charge is 0.396 e. The Balaban J connectivity index is 2.19. The monoisotopic (exact) mass is 263 g/mol. The van der Waals surface area contributed by atoms with Gasteiger partial charge in [0.2, 0.25) is 0 Å². The molecule has 1 atom stereocenters. The Labute approximate surface area is 118 Å². The van der Waals surface area contributed by atoms with Crippen LogP contribution in [0.15, 0.2) is 54.6 Å². The van der Waals surface area contributed by atoms with Crippen molar-refractivity contribution in [1.82, 2.24) is 4.98 Å². The zero-order valence-corrected chi connectivity index (χ0v) is 11.4. The third-order valence-electron chi connectivity index (χ3n) is 3.71. The Hall–Kier alpha value is -2.55. The first kappa shape index (κ1) is 12.5. The van der Waals surface area contributed by atoms with Gasteiger partial charge in [-0.25, -0.2) is 4.98 Å². The lowest BCUT2D eigenvalue weighted by molar-refractivity contribution is 0.885. The highest BCUT2D eigenvalue weighted by Gasteiger charge is 2.17. The van der Waals surface area contributed by atoms with Crippen molar-refractivity contribution in [3.8, 4) is 0 Å².